The van der Waals surface area contributed by atoms with Crippen molar-refractivity contribution in [1.82, 2.24) is 0 Å². The lowest BCUT2D eigenvalue weighted by Crippen LogP contribution is -2.70. The summed E-state index contributed by atoms with van der Waals surface area (Å²) in [6, 6.07) is 30.8. The molecular weight excluding hydrogens is 648 g/mol. The number of ether oxygens (including phenoxy) is 1. The minimum absolute atomic E-state index is 0.218. The maximum absolute atomic E-state index is 14.8. The Morgan fingerprint density at radius 3 is 1.31 bits per heavy atom. The lowest BCUT2D eigenvalue weighted by Gasteiger charge is -2.48. The maximum Gasteiger partial charge on any atom is 0.342 e. The maximum atomic E-state index is 14.8. The first-order valence-electron chi connectivity index (χ1n) is 16.2. The van der Waals surface area contributed by atoms with Crippen LogP contribution in [0.2, 0.25) is 0 Å². The molecular formula is C42H36O9. The summed E-state index contributed by atoms with van der Waals surface area (Å²) in [4.78, 5) is 58.5. The number of aliphatic carboxylic acids is 4. The Hall–Kier alpha value is -6.06. The zero-order valence-electron chi connectivity index (χ0n) is 28.4. The van der Waals surface area contributed by atoms with E-state index in [-0.39, 0.29) is 27.8 Å². The van der Waals surface area contributed by atoms with Crippen LogP contribution >= 0.6 is 0 Å². The van der Waals surface area contributed by atoms with Gasteiger partial charge in [0.2, 0.25) is 11.2 Å². The number of hydrogen-bond acceptors (Lipinski definition) is 5. The molecule has 0 aromatic heterocycles. The first-order chi connectivity index (χ1) is 24.2. The second-order valence-corrected chi connectivity index (χ2v) is 13.2. The van der Waals surface area contributed by atoms with Crippen LogP contribution in [0.5, 0.6) is 0 Å². The highest BCUT2D eigenvalue weighted by Crippen LogP contribution is 2.72. The molecule has 0 saturated carbocycles. The van der Waals surface area contributed by atoms with Gasteiger partial charge in [0, 0.05) is 5.56 Å². The average molecular weight is 685 g/mol. The van der Waals surface area contributed by atoms with Gasteiger partial charge in [0.25, 0.3) is 0 Å². The van der Waals surface area contributed by atoms with Crippen molar-refractivity contribution in [2.24, 2.45) is 0 Å². The Kier molecular flexibility index (Phi) is 8.44. The van der Waals surface area contributed by atoms with Crippen LogP contribution < -0.4 is 0 Å². The second-order valence-electron chi connectivity index (χ2n) is 13.2. The highest BCUT2D eigenvalue weighted by molar-refractivity contribution is 6.10. The third kappa shape index (κ3) is 4.58. The van der Waals surface area contributed by atoms with E-state index in [0.717, 1.165) is 5.56 Å². The Morgan fingerprint density at radius 2 is 0.863 bits per heavy atom. The summed E-state index contributed by atoms with van der Waals surface area (Å²) in [7, 11) is 0. The third-order valence-corrected chi connectivity index (χ3v) is 10.1. The van der Waals surface area contributed by atoms with E-state index in [1.807, 2.05) is 13.0 Å². The molecule has 1 aliphatic rings. The Labute approximate surface area is 294 Å². The molecule has 9 nitrogen and oxygen atoms in total. The standard InChI is InChI=1S/C42H36O9/c1-25-11-7-15-29(21-25)33-19-5-6-20-34(33)42(38(49)50)40(36(45)46,31-17-9-13-27(3)23-31)39(35(43)44,30-16-8-12-26(2)22-30)41(51-42,37(47)48)32-18-10-14-28(4)24-32/h5-24H,1-4H3,(H,43,44)(H,45,46)(H,47,48)(H,49,50). The third-order valence-electron chi connectivity index (χ3n) is 10.1. The van der Waals surface area contributed by atoms with Gasteiger partial charge in [0.05, 0.1) is 0 Å². The monoisotopic (exact) mass is 684 g/mol. The topological polar surface area (TPSA) is 158 Å². The van der Waals surface area contributed by atoms with Gasteiger partial charge in [-0.3, -0.25) is 9.59 Å². The van der Waals surface area contributed by atoms with Crippen LogP contribution in [-0.4, -0.2) is 44.3 Å². The van der Waals surface area contributed by atoms with Gasteiger partial charge in [-0.15, -0.1) is 0 Å². The SMILES string of the molecule is Cc1cccc(-c2ccccc2C2(C(=O)O)OC(C(=O)O)(c3cccc(C)c3)C(C(=O)O)(c3cccc(C)c3)C2(C(=O)O)c2cccc(C)c2)c1. The van der Waals surface area contributed by atoms with Crippen molar-refractivity contribution in [3.63, 3.8) is 0 Å². The summed E-state index contributed by atoms with van der Waals surface area (Å²) >= 11 is 0. The van der Waals surface area contributed by atoms with Crippen molar-refractivity contribution in [3.8, 4) is 11.1 Å². The van der Waals surface area contributed by atoms with E-state index in [1.165, 1.54) is 66.7 Å². The van der Waals surface area contributed by atoms with Crippen LogP contribution in [0.15, 0.2) is 121 Å². The van der Waals surface area contributed by atoms with Crippen molar-refractivity contribution in [2.75, 3.05) is 0 Å². The van der Waals surface area contributed by atoms with E-state index < -0.39 is 45.9 Å². The summed E-state index contributed by atoms with van der Waals surface area (Å²) in [6.45, 7) is 6.79. The predicted molar refractivity (Wildman–Crippen MR) is 188 cm³/mol. The molecule has 1 aliphatic heterocycles. The molecule has 4 unspecified atom stereocenters. The summed E-state index contributed by atoms with van der Waals surface area (Å²) in [5.74, 6) is -7.58. The van der Waals surface area contributed by atoms with Crippen LogP contribution in [0.25, 0.3) is 11.1 Å². The second kappa shape index (κ2) is 12.4. The fraction of sp³-hybridized carbons (Fsp3) is 0.190. The summed E-state index contributed by atoms with van der Waals surface area (Å²) in [5.41, 5.74) is -10.8. The highest BCUT2D eigenvalue weighted by Gasteiger charge is 2.91. The Morgan fingerprint density at radius 1 is 0.451 bits per heavy atom. The molecule has 5 aromatic carbocycles. The number of carboxylic acid groups (broad SMARTS) is 4. The molecule has 0 aliphatic carbocycles. The molecule has 5 aromatic rings. The number of carbonyl (C=O) groups is 4. The van der Waals surface area contributed by atoms with Gasteiger partial charge >= 0.3 is 23.9 Å². The fourth-order valence-corrected chi connectivity index (χ4v) is 8.27. The quantitative estimate of drug-likeness (QED) is 0.129. The van der Waals surface area contributed by atoms with Crippen LogP contribution in [0.1, 0.15) is 44.5 Å². The molecule has 4 N–H and O–H groups in total. The van der Waals surface area contributed by atoms with E-state index in [0.29, 0.717) is 22.3 Å². The number of carboxylic acids is 4. The van der Waals surface area contributed by atoms with Gasteiger partial charge < -0.3 is 25.2 Å². The van der Waals surface area contributed by atoms with Crippen LogP contribution in [-0.2, 0) is 45.9 Å². The van der Waals surface area contributed by atoms with E-state index in [1.54, 1.807) is 69.3 Å². The molecule has 9 heteroatoms. The number of rotatable bonds is 9. The van der Waals surface area contributed by atoms with Crippen molar-refractivity contribution in [1.29, 1.82) is 0 Å². The van der Waals surface area contributed by atoms with Gasteiger partial charge in [0.15, 0.2) is 10.8 Å². The molecule has 0 spiro atoms. The van der Waals surface area contributed by atoms with Crippen molar-refractivity contribution in [3.05, 3.63) is 166 Å². The number of benzene rings is 5. The predicted octanol–water partition coefficient (Wildman–Crippen LogP) is 6.92. The normalized spacial score (nSPS) is 24.2. The lowest BCUT2D eigenvalue weighted by molar-refractivity contribution is -0.200. The van der Waals surface area contributed by atoms with Gasteiger partial charge in [-0.05, 0) is 55.5 Å². The molecule has 1 fully saturated rings. The molecule has 6 rings (SSSR count). The smallest absolute Gasteiger partial charge is 0.342 e. The van der Waals surface area contributed by atoms with E-state index in [9.17, 15) is 39.6 Å². The molecule has 0 bridgehead atoms. The Balaban J connectivity index is 2.02. The summed E-state index contributed by atoms with van der Waals surface area (Å²) in [6.07, 6.45) is 0. The van der Waals surface area contributed by atoms with E-state index in [2.05, 4.69) is 0 Å². The van der Waals surface area contributed by atoms with Gasteiger partial charge in [0.1, 0.15) is 0 Å². The molecule has 1 saturated heterocycles. The van der Waals surface area contributed by atoms with Crippen LogP contribution in [0.4, 0.5) is 0 Å². The first-order valence-corrected chi connectivity index (χ1v) is 16.2. The van der Waals surface area contributed by atoms with Crippen LogP contribution in [0.3, 0.4) is 0 Å². The van der Waals surface area contributed by atoms with Crippen molar-refractivity contribution < 1.29 is 44.3 Å². The fourth-order valence-electron chi connectivity index (χ4n) is 8.27. The van der Waals surface area contributed by atoms with Crippen LogP contribution in [0, 0.1) is 27.7 Å². The van der Waals surface area contributed by atoms with Gasteiger partial charge in [-0.2, -0.15) is 0 Å². The minimum atomic E-state index is -3.21. The van der Waals surface area contributed by atoms with E-state index in [4.69, 9.17) is 4.74 Å². The van der Waals surface area contributed by atoms with Gasteiger partial charge in [-0.1, -0.05) is 144 Å². The lowest BCUT2D eigenvalue weighted by atomic mass is 9.45. The number of aryl methyl sites for hydroxylation is 4. The van der Waals surface area contributed by atoms with E-state index >= 15 is 0 Å². The zero-order chi connectivity index (χ0) is 36.9. The summed E-state index contributed by atoms with van der Waals surface area (Å²) in [5, 5.41) is 47.4. The average Bonchev–Trinajstić information content (AvgIpc) is 3.37. The highest BCUT2D eigenvalue weighted by atomic mass is 16.6. The minimum Gasteiger partial charge on any atom is -0.480 e. The zero-order valence-corrected chi connectivity index (χ0v) is 28.4. The van der Waals surface area contributed by atoms with Crippen molar-refractivity contribution in [2.45, 2.75) is 49.7 Å². The molecule has 0 radical (unpaired) electrons. The molecule has 0 amide bonds. The first kappa shape index (κ1) is 34.8. The molecule has 4 atom stereocenters. The Bertz CT molecular complexity index is 2240. The van der Waals surface area contributed by atoms with Gasteiger partial charge in [-0.25, -0.2) is 9.59 Å². The summed E-state index contributed by atoms with van der Waals surface area (Å²) < 4.78 is 6.76. The largest absolute Gasteiger partial charge is 0.480 e. The molecule has 1 heterocycles. The molecule has 51 heavy (non-hydrogen) atoms. The van der Waals surface area contributed by atoms with Crippen molar-refractivity contribution >= 4 is 23.9 Å². The molecule has 258 valence electrons. The number of hydrogen-bond donors (Lipinski definition) is 4.